The maximum atomic E-state index is 11.0. The van der Waals surface area contributed by atoms with Gasteiger partial charge < -0.3 is 4.74 Å². The highest BCUT2D eigenvalue weighted by atomic mass is 35.5. The molecule has 2 aromatic carbocycles. The quantitative estimate of drug-likeness (QED) is 0.418. The van der Waals surface area contributed by atoms with E-state index >= 15 is 0 Å². The minimum atomic E-state index is -0.461. The van der Waals surface area contributed by atoms with Gasteiger partial charge in [-0.2, -0.15) is 5.10 Å². The summed E-state index contributed by atoms with van der Waals surface area (Å²) in [6.07, 6.45) is 0.290. The molecule has 28 heavy (non-hydrogen) atoms. The Morgan fingerprint density at radius 1 is 1.21 bits per heavy atom. The number of hydrogen-bond acceptors (Lipinski definition) is 6. The molecule has 2 atom stereocenters. The lowest BCUT2D eigenvalue weighted by molar-refractivity contribution is -0.384. The summed E-state index contributed by atoms with van der Waals surface area (Å²) in [6.45, 7) is 0. The summed E-state index contributed by atoms with van der Waals surface area (Å²) in [4.78, 5) is 11.7. The number of hydrogen-bond donors (Lipinski definition) is 0. The van der Waals surface area contributed by atoms with Gasteiger partial charge in [0.25, 0.3) is 5.69 Å². The topological polar surface area (TPSA) is 68.0 Å². The van der Waals surface area contributed by atoms with E-state index in [0.29, 0.717) is 5.02 Å². The Morgan fingerprint density at radius 3 is 2.75 bits per heavy atom. The standard InChI is InChI=1S/C20H14ClN3O3S/c21-13-5-8-18-15(10-13)17-11-16(19-2-1-9-28-19)22-23(17)20(27-18)12-3-6-14(7-4-12)24(25)26/h1-10,17,20H,11H2/t17-,20-/m0/s1. The lowest BCUT2D eigenvalue weighted by Gasteiger charge is -2.38. The van der Waals surface area contributed by atoms with Gasteiger partial charge >= 0.3 is 0 Å². The Hall–Kier alpha value is -2.90. The molecule has 0 saturated carbocycles. The van der Waals surface area contributed by atoms with Gasteiger partial charge in [0.05, 0.1) is 21.6 Å². The number of fused-ring (bicyclic) bond motifs is 3. The third kappa shape index (κ3) is 2.83. The van der Waals surface area contributed by atoms with Gasteiger partial charge in [-0.25, -0.2) is 5.01 Å². The van der Waals surface area contributed by atoms with Crippen LogP contribution in [0.5, 0.6) is 5.75 Å². The number of benzene rings is 2. The molecule has 140 valence electrons. The zero-order chi connectivity index (χ0) is 19.3. The van der Waals surface area contributed by atoms with Crippen molar-refractivity contribution in [2.75, 3.05) is 0 Å². The van der Waals surface area contributed by atoms with Crippen molar-refractivity contribution in [3.8, 4) is 5.75 Å². The van der Waals surface area contributed by atoms with Crippen LogP contribution >= 0.6 is 22.9 Å². The Balaban J connectivity index is 1.58. The number of ether oxygens (including phenoxy) is 1. The average molecular weight is 412 g/mol. The van der Waals surface area contributed by atoms with E-state index in [0.717, 1.165) is 33.9 Å². The van der Waals surface area contributed by atoms with Crippen LogP contribution in [0.2, 0.25) is 5.02 Å². The van der Waals surface area contributed by atoms with Crippen LogP contribution in [-0.4, -0.2) is 15.6 Å². The van der Waals surface area contributed by atoms with Gasteiger partial charge in [-0.1, -0.05) is 17.7 Å². The van der Waals surface area contributed by atoms with Gasteiger partial charge in [0.1, 0.15) is 5.75 Å². The van der Waals surface area contributed by atoms with Crippen molar-refractivity contribution in [2.24, 2.45) is 5.10 Å². The first-order valence-corrected chi connectivity index (χ1v) is 9.96. The Bertz CT molecular complexity index is 1080. The SMILES string of the molecule is O=[N+]([O-])c1ccc([C@@H]2Oc3ccc(Cl)cc3[C@@H]3CC(c4cccs4)=NN32)cc1. The molecule has 0 radical (unpaired) electrons. The van der Waals surface area contributed by atoms with Gasteiger partial charge in [-0.3, -0.25) is 10.1 Å². The lowest BCUT2D eigenvalue weighted by atomic mass is 9.97. The summed E-state index contributed by atoms with van der Waals surface area (Å²) in [5, 5.41) is 20.5. The second kappa shape index (κ2) is 6.61. The van der Waals surface area contributed by atoms with Crippen LogP contribution in [0, 0.1) is 10.1 Å². The molecule has 0 amide bonds. The zero-order valence-corrected chi connectivity index (χ0v) is 16.1. The minimum absolute atomic E-state index is 0.000239. The van der Waals surface area contributed by atoms with E-state index in [2.05, 4.69) is 6.07 Å². The van der Waals surface area contributed by atoms with E-state index in [9.17, 15) is 10.1 Å². The Kier molecular flexibility index (Phi) is 4.07. The molecule has 8 heteroatoms. The van der Waals surface area contributed by atoms with Crippen LogP contribution in [0.25, 0.3) is 0 Å². The largest absolute Gasteiger partial charge is 0.464 e. The highest BCUT2D eigenvalue weighted by molar-refractivity contribution is 7.12. The molecule has 0 fully saturated rings. The third-order valence-electron chi connectivity index (χ3n) is 4.95. The van der Waals surface area contributed by atoms with E-state index in [1.807, 2.05) is 28.6 Å². The minimum Gasteiger partial charge on any atom is -0.464 e. The van der Waals surface area contributed by atoms with Crippen LogP contribution in [0.15, 0.2) is 65.1 Å². The first-order valence-electron chi connectivity index (χ1n) is 8.70. The van der Waals surface area contributed by atoms with Crippen molar-refractivity contribution in [1.29, 1.82) is 0 Å². The van der Waals surface area contributed by atoms with Crippen molar-refractivity contribution in [3.63, 3.8) is 0 Å². The van der Waals surface area contributed by atoms with Crippen molar-refractivity contribution >= 4 is 34.3 Å². The summed E-state index contributed by atoms with van der Waals surface area (Å²) in [7, 11) is 0. The molecule has 6 nitrogen and oxygen atoms in total. The average Bonchev–Trinajstić information content (AvgIpc) is 3.37. The zero-order valence-electron chi connectivity index (χ0n) is 14.5. The predicted molar refractivity (Wildman–Crippen MR) is 108 cm³/mol. The number of nitro benzene ring substituents is 1. The molecule has 0 unspecified atom stereocenters. The molecule has 2 aliphatic heterocycles. The molecule has 0 bridgehead atoms. The number of non-ortho nitro benzene ring substituents is 1. The van der Waals surface area contributed by atoms with E-state index in [1.165, 1.54) is 12.1 Å². The summed E-state index contributed by atoms with van der Waals surface area (Å²) >= 11 is 7.88. The Morgan fingerprint density at radius 2 is 2.04 bits per heavy atom. The lowest BCUT2D eigenvalue weighted by Crippen LogP contribution is -2.33. The van der Waals surface area contributed by atoms with Crippen molar-refractivity contribution in [1.82, 2.24) is 5.01 Å². The maximum absolute atomic E-state index is 11.0. The maximum Gasteiger partial charge on any atom is 0.269 e. The summed E-state index contributed by atoms with van der Waals surface area (Å²) in [5.74, 6) is 0.761. The van der Waals surface area contributed by atoms with Crippen LogP contribution in [-0.2, 0) is 0 Å². The van der Waals surface area contributed by atoms with E-state index in [4.69, 9.17) is 21.4 Å². The van der Waals surface area contributed by atoms with Gasteiger partial charge in [0, 0.05) is 34.7 Å². The molecule has 5 rings (SSSR count). The van der Waals surface area contributed by atoms with Gasteiger partial charge in [-0.15, -0.1) is 11.3 Å². The first kappa shape index (κ1) is 17.2. The molecule has 2 aliphatic rings. The predicted octanol–water partition coefficient (Wildman–Crippen LogP) is 5.55. The van der Waals surface area contributed by atoms with E-state index in [1.54, 1.807) is 29.5 Å². The molecule has 3 aromatic rings. The normalized spacial score (nSPS) is 20.2. The molecule has 0 saturated heterocycles. The van der Waals surface area contributed by atoms with Crippen LogP contribution in [0.4, 0.5) is 5.69 Å². The number of nitrogens with zero attached hydrogens (tertiary/aromatic N) is 3. The molecular formula is C20H14ClN3O3S. The number of thiophene rings is 1. The molecule has 3 heterocycles. The van der Waals surface area contributed by atoms with Gasteiger partial charge in [0.2, 0.25) is 6.23 Å². The van der Waals surface area contributed by atoms with Crippen LogP contribution < -0.4 is 4.74 Å². The van der Waals surface area contributed by atoms with E-state index < -0.39 is 11.2 Å². The van der Waals surface area contributed by atoms with Crippen molar-refractivity contribution < 1.29 is 9.66 Å². The summed E-state index contributed by atoms with van der Waals surface area (Å²) in [5.41, 5.74) is 2.86. The fraction of sp³-hybridized carbons (Fsp3) is 0.150. The van der Waals surface area contributed by atoms with Gasteiger partial charge in [-0.05, 0) is 41.8 Å². The summed E-state index contributed by atoms with van der Waals surface area (Å²) in [6, 6.07) is 16.1. The highest BCUT2D eigenvalue weighted by Gasteiger charge is 2.41. The fourth-order valence-corrected chi connectivity index (χ4v) is 4.53. The smallest absolute Gasteiger partial charge is 0.269 e. The number of rotatable bonds is 3. The Labute approximate surface area is 169 Å². The molecule has 0 N–H and O–H groups in total. The second-order valence-electron chi connectivity index (χ2n) is 6.62. The monoisotopic (exact) mass is 411 g/mol. The fourth-order valence-electron chi connectivity index (χ4n) is 3.63. The van der Waals surface area contributed by atoms with Crippen molar-refractivity contribution in [3.05, 3.63) is 91.1 Å². The van der Waals surface area contributed by atoms with E-state index in [-0.39, 0.29) is 11.7 Å². The third-order valence-corrected chi connectivity index (χ3v) is 6.10. The van der Waals surface area contributed by atoms with Crippen LogP contribution in [0.3, 0.4) is 0 Å². The van der Waals surface area contributed by atoms with Gasteiger partial charge in [0.15, 0.2) is 0 Å². The number of halogens is 1. The number of hydrazone groups is 1. The highest BCUT2D eigenvalue weighted by Crippen LogP contribution is 2.48. The van der Waals surface area contributed by atoms with Crippen LogP contribution in [0.1, 0.15) is 34.7 Å². The van der Waals surface area contributed by atoms with Crippen molar-refractivity contribution in [2.45, 2.75) is 18.7 Å². The molecular weight excluding hydrogens is 398 g/mol. The second-order valence-corrected chi connectivity index (χ2v) is 8.01. The molecule has 0 aliphatic carbocycles. The number of nitro groups is 1. The first-order chi connectivity index (χ1) is 13.6. The summed E-state index contributed by atoms with van der Waals surface area (Å²) < 4.78 is 6.25. The molecule has 0 spiro atoms. The molecule has 1 aromatic heterocycles.